The molecular weight excluding hydrogens is 297 g/mol. The number of amides is 1. The monoisotopic (exact) mass is 313 g/mol. The van der Waals surface area contributed by atoms with E-state index in [1.165, 1.54) is 18.4 Å². The van der Waals surface area contributed by atoms with Crippen LogP contribution in [0.15, 0.2) is 53.3 Å². The molecule has 1 N–H and O–H groups in total. The molecule has 1 amide bonds. The first-order chi connectivity index (χ1) is 11.1. The Bertz CT molecular complexity index is 805. The molecule has 1 aromatic carbocycles. The quantitative estimate of drug-likeness (QED) is 0.788. The van der Waals surface area contributed by atoms with Gasteiger partial charge >= 0.3 is 0 Å². The number of rotatable bonds is 5. The number of nitrogens with zero attached hydrogens (tertiary/aromatic N) is 2. The molecule has 0 radical (unpaired) electrons. The van der Waals surface area contributed by atoms with Gasteiger partial charge in [-0.15, -0.1) is 0 Å². The Labute approximate surface area is 132 Å². The highest BCUT2D eigenvalue weighted by Gasteiger charge is 2.10. The van der Waals surface area contributed by atoms with Gasteiger partial charge in [0.05, 0.1) is 23.2 Å². The summed E-state index contributed by atoms with van der Waals surface area (Å²) < 4.78 is 19.7. The third-order valence-corrected chi connectivity index (χ3v) is 3.51. The van der Waals surface area contributed by atoms with Crippen molar-refractivity contribution in [1.29, 1.82) is 0 Å². The smallest absolute Gasteiger partial charge is 0.254 e. The van der Waals surface area contributed by atoms with E-state index < -0.39 is 0 Å². The SMILES string of the molecule is Cc1occc1C(=O)NCCc1ccn(-c2ccc(F)cc2)n1. The predicted molar refractivity (Wildman–Crippen MR) is 83.0 cm³/mol. The van der Waals surface area contributed by atoms with Crippen LogP contribution in [0.2, 0.25) is 0 Å². The highest BCUT2D eigenvalue weighted by atomic mass is 19.1. The van der Waals surface area contributed by atoms with Gasteiger partial charge in [0.25, 0.3) is 5.91 Å². The average molecular weight is 313 g/mol. The van der Waals surface area contributed by atoms with E-state index in [1.807, 2.05) is 12.3 Å². The Morgan fingerprint density at radius 3 is 2.74 bits per heavy atom. The predicted octanol–water partition coefficient (Wildman–Crippen LogP) is 2.89. The fourth-order valence-electron chi connectivity index (χ4n) is 2.25. The molecule has 0 saturated carbocycles. The van der Waals surface area contributed by atoms with Crippen molar-refractivity contribution in [3.63, 3.8) is 0 Å². The van der Waals surface area contributed by atoms with Gasteiger partial charge in [0.15, 0.2) is 0 Å². The summed E-state index contributed by atoms with van der Waals surface area (Å²) in [6.07, 6.45) is 3.91. The number of nitrogens with one attached hydrogen (secondary N) is 1. The molecule has 0 aliphatic heterocycles. The molecule has 118 valence electrons. The minimum absolute atomic E-state index is 0.158. The van der Waals surface area contributed by atoms with E-state index >= 15 is 0 Å². The molecule has 0 atom stereocenters. The van der Waals surface area contributed by atoms with E-state index in [2.05, 4.69) is 10.4 Å². The maximum atomic E-state index is 12.9. The van der Waals surface area contributed by atoms with Crippen molar-refractivity contribution in [3.8, 4) is 5.69 Å². The number of carbonyl (C=O) groups is 1. The number of benzene rings is 1. The Morgan fingerprint density at radius 1 is 1.26 bits per heavy atom. The highest BCUT2D eigenvalue weighted by Crippen LogP contribution is 2.10. The van der Waals surface area contributed by atoms with E-state index in [9.17, 15) is 9.18 Å². The first-order valence-electron chi connectivity index (χ1n) is 7.26. The second kappa shape index (κ2) is 6.48. The standard InChI is InChI=1S/C17H16FN3O2/c1-12-16(8-11-23-12)17(22)19-9-6-14-7-10-21(20-14)15-4-2-13(18)3-5-15/h2-5,7-8,10-11H,6,9H2,1H3,(H,19,22). The highest BCUT2D eigenvalue weighted by molar-refractivity contribution is 5.94. The van der Waals surface area contributed by atoms with Gasteiger partial charge in [-0.2, -0.15) is 5.10 Å². The molecule has 3 rings (SSSR count). The van der Waals surface area contributed by atoms with Crippen molar-refractivity contribution >= 4 is 5.91 Å². The fraction of sp³-hybridized carbons (Fsp3) is 0.176. The van der Waals surface area contributed by atoms with E-state index in [0.29, 0.717) is 24.3 Å². The normalized spacial score (nSPS) is 10.7. The summed E-state index contributed by atoms with van der Waals surface area (Å²) in [4.78, 5) is 11.9. The van der Waals surface area contributed by atoms with Gasteiger partial charge in [-0.05, 0) is 43.3 Å². The van der Waals surface area contributed by atoms with Crippen molar-refractivity contribution in [1.82, 2.24) is 15.1 Å². The fourth-order valence-corrected chi connectivity index (χ4v) is 2.25. The van der Waals surface area contributed by atoms with Crippen LogP contribution in [0.3, 0.4) is 0 Å². The van der Waals surface area contributed by atoms with Crippen LogP contribution < -0.4 is 5.32 Å². The van der Waals surface area contributed by atoms with Crippen molar-refractivity contribution in [2.24, 2.45) is 0 Å². The summed E-state index contributed by atoms with van der Waals surface area (Å²) in [6, 6.07) is 9.63. The van der Waals surface area contributed by atoms with Gasteiger partial charge in [-0.25, -0.2) is 9.07 Å². The molecule has 6 heteroatoms. The summed E-state index contributed by atoms with van der Waals surface area (Å²) in [5.41, 5.74) is 2.18. The van der Waals surface area contributed by atoms with E-state index in [-0.39, 0.29) is 11.7 Å². The second-order valence-corrected chi connectivity index (χ2v) is 5.12. The molecule has 5 nitrogen and oxygen atoms in total. The number of hydrogen-bond donors (Lipinski definition) is 1. The maximum absolute atomic E-state index is 12.9. The maximum Gasteiger partial charge on any atom is 0.254 e. The van der Waals surface area contributed by atoms with E-state index in [4.69, 9.17) is 4.42 Å². The number of aryl methyl sites for hydroxylation is 1. The second-order valence-electron chi connectivity index (χ2n) is 5.12. The molecular formula is C17H16FN3O2. The van der Waals surface area contributed by atoms with Crippen LogP contribution in [0.5, 0.6) is 0 Å². The lowest BCUT2D eigenvalue weighted by Gasteiger charge is -2.03. The molecule has 0 spiro atoms. The number of carbonyl (C=O) groups excluding carboxylic acids is 1. The molecule has 3 aromatic rings. The third kappa shape index (κ3) is 3.48. The van der Waals surface area contributed by atoms with Crippen LogP contribution in [0.1, 0.15) is 21.8 Å². The number of hydrogen-bond acceptors (Lipinski definition) is 3. The van der Waals surface area contributed by atoms with Gasteiger partial charge in [0, 0.05) is 19.2 Å². The number of furan rings is 1. The Balaban J connectivity index is 1.56. The topological polar surface area (TPSA) is 60.1 Å². The van der Waals surface area contributed by atoms with Gasteiger partial charge < -0.3 is 9.73 Å². The van der Waals surface area contributed by atoms with Gasteiger partial charge in [0.2, 0.25) is 0 Å². The van der Waals surface area contributed by atoms with Crippen LogP contribution in [-0.4, -0.2) is 22.2 Å². The summed E-state index contributed by atoms with van der Waals surface area (Å²) in [7, 11) is 0. The first kappa shape index (κ1) is 15.0. The third-order valence-electron chi connectivity index (χ3n) is 3.51. The lowest BCUT2D eigenvalue weighted by molar-refractivity contribution is 0.0952. The first-order valence-corrected chi connectivity index (χ1v) is 7.26. The minimum atomic E-state index is -0.279. The lowest BCUT2D eigenvalue weighted by Crippen LogP contribution is -2.25. The largest absolute Gasteiger partial charge is 0.469 e. The molecule has 0 bridgehead atoms. The molecule has 2 aromatic heterocycles. The Morgan fingerprint density at radius 2 is 2.04 bits per heavy atom. The Kier molecular flexibility index (Phi) is 4.23. The molecule has 0 fully saturated rings. The van der Waals surface area contributed by atoms with Crippen LogP contribution in [0.25, 0.3) is 5.69 Å². The summed E-state index contributed by atoms with van der Waals surface area (Å²) >= 11 is 0. The van der Waals surface area contributed by atoms with Crippen molar-refractivity contribution in [2.75, 3.05) is 6.54 Å². The molecule has 0 aliphatic carbocycles. The van der Waals surface area contributed by atoms with E-state index in [0.717, 1.165) is 11.4 Å². The summed E-state index contributed by atoms with van der Waals surface area (Å²) in [5.74, 6) is 0.163. The van der Waals surface area contributed by atoms with Crippen LogP contribution >= 0.6 is 0 Å². The van der Waals surface area contributed by atoms with Crippen molar-refractivity contribution < 1.29 is 13.6 Å². The molecule has 0 saturated heterocycles. The van der Waals surface area contributed by atoms with Gasteiger partial charge in [-0.1, -0.05) is 0 Å². The number of aromatic nitrogens is 2. The Hall–Kier alpha value is -2.89. The molecule has 0 aliphatic rings. The van der Waals surface area contributed by atoms with Gasteiger partial charge in [-0.3, -0.25) is 4.79 Å². The zero-order valence-corrected chi connectivity index (χ0v) is 12.6. The van der Waals surface area contributed by atoms with E-state index in [1.54, 1.807) is 29.8 Å². The van der Waals surface area contributed by atoms with Crippen molar-refractivity contribution in [3.05, 3.63) is 71.7 Å². The zero-order chi connectivity index (χ0) is 16.2. The van der Waals surface area contributed by atoms with Crippen LogP contribution in [0, 0.1) is 12.7 Å². The van der Waals surface area contributed by atoms with Crippen molar-refractivity contribution in [2.45, 2.75) is 13.3 Å². The van der Waals surface area contributed by atoms with Crippen LogP contribution in [0.4, 0.5) is 4.39 Å². The lowest BCUT2D eigenvalue weighted by atomic mass is 10.2. The minimum Gasteiger partial charge on any atom is -0.469 e. The molecule has 23 heavy (non-hydrogen) atoms. The average Bonchev–Trinajstić information content (AvgIpc) is 3.17. The zero-order valence-electron chi connectivity index (χ0n) is 12.6. The molecule has 0 unspecified atom stereocenters. The number of halogens is 1. The van der Waals surface area contributed by atoms with Gasteiger partial charge in [0.1, 0.15) is 11.6 Å². The summed E-state index contributed by atoms with van der Waals surface area (Å²) in [5, 5.41) is 7.24. The molecule has 2 heterocycles. The van der Waals surface area contributed by atoms with Crippen LogP contribution in [-0.2, 0) is 6.42 Å². The summed E-state index contributed by atoms with van der Waals surface area (Å²) in [6.45, 7) is 2.23.